The number of anilines is 3. The zero-order chi connectivity index (χ0) is 45.2. The molecule has 2 nitrogen and oxygen atoms in total. The molecule has 13 aromatic rings. The Morgan fingerprint density at radius 2 is 0.768 bits per heavy atom. The molecule has 1 spiro atoms. The van der Waals surface area contributed by atoms with Crippen molar-refractivity contribution in [2.24, 2.45) is 0 Å². The summed E-state index contributed by atoms with van der Waals surface area (Å²) in [7, 11) is 0. The van der Waals surface area contributed by atoms with Crippen LogP contribution in [-0.4, -0.2) is 0 Å². The molecule has 320 valence electrons. The Balaban J connectivity index is 0.991. The van der Waals surface area contributed by atoms with Crippen LogP contribution < -0.4 is 4.90 Å². The van der Waals surface area contributed by atoms with Crippen LogP contribution in [0.1, 0.15) is 22.3 Å². The Morgan fingerprint density at radius 1 is 0.275 bits per heavy atom. The van der Waals surface area contributed by atoms with Gasteiger partial charge in [-0.1, -0.05) is 218 Å². The minimum Gasteiger partial charge on any atom is -0.455 e. The van der Waals surface area contributed by atoms with Crippen molar-refractivity contribution in [2.75, 3.05) is 4.90 Å². The van der Waals surface area contributed by atoms with E-state index < -0.39 is 5.41 Å². The summed E-state index contributed by atoms with van der Waals surface area (Å²) in [6, 6.07) is 91.8. The van der Waals surface area contributed by atoms with Crippen molar-refractivity contribution < 1.29 is 4.42 Å². The lowest BCUT2D eigenvalue weighted by Gasteiger charge is -2.32. The quantitative estimate of drug-likeness (QED) is 0.160. The molecule has 0 radical (unpaired) electrons. The van der Waals surface area contributed by atoms with E-state index in [0.29, 0.717) is 0 Å². The predicted octanol–water partition coefficient (Wildman–Crippen LogP) is 18.2. The van der Waals surface area contributed by atoms with Crippen molar-refractivity contribution >= 4 is 71.3 Å². The van der Waals surface area contributed by atoms with Crippen molar-refractivity contribution in [1.29, 1.82) is 0 Å². The Morgan fingerprint density at radius 3 is 1.52 bits per heavy atom. The van der Waals surface area contributed by atoms with Gasteiger partial charge in [0.1, 0.15) is 11.2 Å². The van der Waals surface area contributed by atoms with Gasteiger partial charge in [0.15, 0.2) is 0 Å². The maximum absolute atomic E-state index is 7.06. The Labute approximate surface area is 399 Å². The molecule has 0 saturated heterocycles. The van der Waals surface area contributed by atoms with E-state index in [-0.39, 0.29) is 0 Å². The molecule has 0 amide bonds. The fourth-order valence-corrected chi connectivity index (χ4v) is 12.4. The SMILES string of the molecule is c1ccc(N(c2ccc(-c3cccc4c3ccc3ccccc34)cc2)c2cccc3c2-c2ccccc2C32c3ccccc3-c3ccccc32)c(-c2cccc3c2oc2c4ccccc4ccc32)c1. The first-order valence-electron chi connectivity index (χ1n) is 23.9. The van der Waals surface area contributed by atoms with Crippen LogP contribution in [0.3, 0.4) is 0 Å². The molecule has 0 aliphatic heterocycles. The predicted molar refractivity (Wildman–Crippen MR) is 288 cm³/mol. The highest BCUT2D eigenvalue weighted by Gasteiger charge is 2.52. The third-order valence-corrected chi connectivity index (χ3v) is 15.3. The normalized spacial score (nSPS) is 13.0. The number of para-hydroxylation sites is 2. The Kier molecular flexibility index (Phi) is 8.02. The highest BCUT2D eigenvalue weighted by atomic mass is 16.3. The number of furan rings is 1. The van der Waals surface area contributed by atoms with Gasteiger partial charge < -0.3 is 9.32 Å². The van der Waals surface area contributed by atoms with Crippen LogP contribution in [0.15, 0.2) is 253 Å². The summed E-state index contributed by atoms with van der Waals surface area (Å²) < 4.78 is 7.06. The van der Waals surface area contributed by atoms with Crippen LogP contribution in [0.4, 0.5) is 17.1 Å². The smallest absolute Gasteiger partial charge is 0.143 e. The highest BCUT2D eigenvalue weighted by molar-refractivity contribution is 6.18. The van der Waals surface area contributed by atoms with Crippen molar-refractivity contribution in [1.82, 2.24) is 0 Å². The van der Waals surface area contributed by atoms with Gasteiger partial charge in [-0.15, -0.1) is 0 Å². The highest BCUT2D eigenvalue weighted by Crippen LogP contribution is 2.65. The summed E-state index contributed by atoms with van der Waals surface area (Å²) in [5.74, 6) is 0. The second kappa shape index (κ2) is 14.5. The number of hydrogen-bond donors (Lipinski definition) is 0. The molecule has 1 heterocycles. The fraction of sp³-hybridized carbons (Fsp3) is 0.0149. The molecule has 69 heavy (non-hydrogen) atoms. The van der Waals surface area contributed by atoms with Gasteiger partial charge in [-0.3, -0.25) is 0 Å². The number of fused-ring (bicyclic) bond motifs is 18. The minimum atomic E-state index is -0.481. The molecular weight excluding hydrogens is 835 g/mol. The topological polar surface area (TPSA) is 16.4 Å². The number of benzene rings is 12. The van der Waals surface area contributed by atoms with Crippen LogP contribution in [0.2, 0.25) is 0 Å². The molecule has 15 rings (SSSR count). The van der Waals surface area contributed by atoms with Gasteiger partial charge in [0.2, 0.25) is 0 Å². The number of hydrogen-bond acceptors (Lipinski definition) is 2. The molecule has 2 heteroatoms. The number of nitrogens with zero attached hydrogens (tertiary/aromatic N) is 1. The molecule has 12 aromatic carbocycles. The molecule has 1 aromatic heterocycles. The zero-order valence-corrected chi connectivity index (χ0v) is 37.5. The average molecular weight is 876 g/mol. The largest absolute Gasteiger partial charge is 0.455 e. The second-order valence-electron chi connectivity index (χ2n) is 18.6. The average Bonchev–Trinajstić information content (AvgIpc) is 4.06. The van der Waals surface area contributed by atoms with Gasteiger partial charge in [-0.2, -0.15) is 0 Å². The summed E-state index contributed by atoms with van der Waals surface area (Å²) in [4.78, 5) is 2.51. The van der Waals surface area contributed by atoms with Crippen LogP contribution >= 0.6 is 0 Å². The molecule has 2 aliphatic rings. The van der Waals surface area contributed by atoms with Crippen LogP contribution in [0.25, 0.3) is 98.8 Å². The summed E-state index contributed by atoms with van der Waals surface area (Å²) in [5.41, 5.74) is 19.5. The summed E-state index contributed by atoms with van der Waals surface area (Å²) in [5, 5.41) is 9.55. The fourth-order valence-electron chi connectivity index (χ4n) is 12.4. The van der Waals surface area contributed by atoms with Crippen molar-refractivity contribution in [3.8, 4) is 44.5 Å². The van der Waals surface area contributed by atoms with E-state index in [9.17, 15) is 0 Å². The molecule has 0 unspecified atom stereocenters. The van der Waals surface area contributed by atoms with Crippen LogP contribution in [0, 0.1) is 0 Å². The third kappa shape index (κ3) is 5.26. The maximum atomic E-state index is 7.06. The van der Waals surface area contributed by atoms with Gasteiger partial charge in [0.25, 0.3) is 0 Å². The van der Waals surface area contributed by atoms with Crippen LogP contribution in [-0.2, 0) is 5.41 Å². The van der Waals surface area contributed by atoms with E-state index >= 15 is 0 Å². The lowest BCUT2D eigenvalue weighted by atomic mass is 9.70. The van der Waals surface area contributed by atoms with E-state index in [0.717, 1.165) is 55.5 Å². The maximum Gasteiger partial charge on any atom is 0.143 e. The molecule has 0 atom stereocenters. The molecule has 0 bridgehead atoms. The monoisotopic (exact) mass is 875 g/mol. The summed E-state index contributed by atoms with van der Waals surface area (Å²) in [6.45, 7) is 0. The van der Waals surface area contributed by atoms with Crippen molar-refractivity contribution in [3.05, 3.63) is 271 Å². The van der Waals surface area contributed by atoms with E-state index in [2.05, 4.69) is 254 Å². The number of rotatable bonds is 5. The van der Waals surface area contributed by atoms with Gasteiger partial charge in [0, 0.05) is 38.5 Å². The second-order valence-corrected chi connectivity index (χ2v) is 18.6. The standard InChI is InChI=1S/C67H41NO/c1-3-18-46-42(16-1)36-40-50-47(24-13-25-49(46)50)44-34-38-45(39-35-44)68(62-32-12-8-22-53(62)54-26-14-27-55-56-41-37-43-17-2-4-19-48(43)65(56)69-66(54)55)63-33-15-31-61-64(63)57-23-7-11-30-60(57)67(61)58-28-9-5-20-51(58)52-21-6-10-29-59(52)67/h1-41H. The van der Waals surface area contributed by atoms with E-state index in [4.69, 9.17) is 4.42 Å². The molecule has 0 N–H and O–H groups in total. The molecular formula is C67H41NO. The molecule has 0 saturated carbocycles. The molecule has 2 aliphatic carbocycles. The van der Waals surface area contributed by atoms with Gasteiger partial charge in [0.05, 0.1) is 16.8 Å². The summed E-state index contributed by atoms with van der Waals surface area (Å²) >= 11 is 0. The third-order valence-electron chi connectivity index (χ3n) is 15.3. The molecule has 0 fully saturated rings. The first kappa shape index (κ1) is 38.2. The zero-order valence-electron chi connectivity index (χ0n) is 37.5. The minimum absolute atomic E-state index is 0.481. The Hall–Kier alpha value is -8.98. The van der Waals surface area contributed by atoms with E-state index in [1.165, 1.54) is 82.6 Å². The van der Waals surface area contributed by atoms with Crippen LogP contribution in [0.5, 0.6) is 0 Å². The Bertz CT molecular complexity index is 4220. The summed E-state index contributed by atoms with van der Waals surface area (Å²) in [6.07, 6.45) is 0. The van der Waals surface area contributed by atoms with Crippen molar-refractivity contribution in [2.45, 2.75) is 5.41 Å². The first-order chi connectivity index (χ1) is 34.3. The lowest BCUT2D eigenvalue weighted by Crippen LogP contribution is -2.26. The van der Waals surface area contributed by atoms with Crippen molar-refractivity contribution in [3.63, 3.8) is 0 Å². The van der Waals surface area contributed by atoms with Gasteiger partial charge in [-0.25, -0.2) is 0 Å². The first-order valence-corrected chi connectivity index (χ1v) is 23.9. The van der Waals surface area contributed by atoms with E-state index in [1.807, 2.05) is 0 Å². The van der Waals surface area contributed by atoms with E-state index in [1.54, 1.807) is 0 Å². The lowest BCUT2D eigenvalue weighted by molar-refractivity contribution is 0.674. The van der Waals surface area contributed by atoms with Gasteiger partial charge >= 0.3 is 0 Å². The van der Waals surface area contributed by atoms with Gasteiger partial charge in [-0.05, 0) is 107 Å².